The first kappa shape index (κ1) is 83.1. The zero-order chi connectivity index (χ0) is 74.8. The summed E-state index contributed by atoms with van der Waals surface area (Å²) in [6, 6.07) is 18.8. The van der Waals surface area contributed by atoms with Gasteiger partial charge in [-0.2, -0.15) is 0 Å². The maximum absolute atomic E-state index is 15.0. The number of esters is 5. The van der Waals surface area contributed by atoms with Crippen molar-refractivity contribution < 1.29 is 73.2 Å². The van der Waals surface area contributed by atoms with Crippen molar-refractivity contribution in [2.45, 2.75) is 312 Å². The Kier molecular flexibility index (Phi) is 30.2. The van der Waals surface area contributed by atoms with Crippen LogP contribution in [0.15, 0.2) is 60.7 Å². The Labute approximate surface area is 598 Å². The maximum Gasteiger partial charge on any atom is 0.306 e. The summed E-state index contributed by atoms with van der Waals surface area (Å²) in [7, 11) is 0. The number of aromatic hydroxyl groups is 5. The lowest BCUT2D eigenvalue weighted by Crippen LogP contribution is -2.50. The van der Waals surface area contributed by atoms with E-state index in [4.69, 9.17) is 23.7 Å². The monoisotopic (exact) mass is 1380 g/mol. The summed E-state index contributed by atoms with van der Waals surface area (Å²) in [5, 5.41) is 57.1. The summed E-state index contributed by atoms with van der Waals surface area (Å²) in [5.74, 6) is -2.74. The minimum atomic E-state index is -1.78. The van der Waals surface area contributed by atoms with Crippen molar-refractivity contribution in [1.82, 2.24) is 0 Å². The van der Waals surface area contributed by atoms with Gasteiger partial charge in [-0.15, -0.1) is 0 Å². The number of carbonyl (C=O) groups is 5. The minimum Gasteiger partial charge on any atom is -0.507 e. The number of rotatable bonds is 34. The number of carbonyl (C=O) groups excluding carboxylic acids is 5. The van der Waals surface area contributed by atoms with Crippen LogP contribution >= 0.6 is 0 Å². The number of ether oxygens (including phenoxy) is 5. The number of aryl methyl sites for hydroxylation is 10. The van der Waals surface area contributed by atoms with Gasteiger partial charge in [0.2, 0.25) is 0 Å². The molecule has 0 spiro atoms. The van der Waals surface area contributed by atoms with Crippen molar-refractivity contribution in [3.05, 3.63) is 144 Å². The first-order valence-electron chi connectivity index (χ1n) is 36.8. The number of phenols is 5. The third kappa shape index (κ3) is 24.3. The molecule has 1 unspecified atom stereocenters. The number of hydrogen-bond acceptors (Lipinski definition) is 15. The molecule has 5 aromatic carbocycles. The molecule has 3 atom stereocenters. The summed E-state index contributed by atoms with van der Waals surface area (Å²) in [6.07, 6.45) is 1.58. The molecule has 0 fully saturated rings. The molecule has 5 aromatic rings. The van der Waals surface area contributed by atoms with Crippen molar-refractivity contribution in [2.75, 3.05) is 13.2 Å². The second-order valence-electron chi connectivity index (χ2n) is 32.6. The van der Waals surface area contributed by atoms with E-state index in [9.17, 15) is 49.5 Å². The van der Waals surface area contributed by atoms with Crippen LogP contribution in [0.1, 0.15) is 286 Å². The van der Waals surface area contributed by atoms with E-state index in [2.05, 4.69) is 0 Å². The number of phenolic OH excluding ortho intramolecular Hbond substituents is 5. The predicted octanol–water partition coefficient (Wildman–Crippen LogP) is 17.8. The van der Waals surface area contributed by atoms with Crippen LogP contribution < -0.4 is 0 Å². The molecule has 0 heterocycles. The van der Waals surface area contributed by atoms with Gasteiger partial charge in [0.15, 0.2) is 18.3 Å². The van der Waals surface area contributed by atoms with Gasteiger partial charge in [0.1, 0.15) is 42.0 Å². The third-order valence-electron chi connectivity index (χ3n) is 18.4. The van der Waals surface area contributed by atoms with Crippen molar-refractivity contribution in [2.24, 2.45) is 0 Å². The van der Waals surface area contributed by atoms with E-state index in [-0.39, 0.29) is 93.0 Å². The summed E-state index contributed by atoms with van der Waals surface area (Å²) < 4.78 is 31.6. The molecule has 0 aliphatic carbocycles. The molecule has 5 N–H and O–H groups in total. The van der Waals surface area contributed by atoms with Crippen LogP contribution in [0.25, 0.3) is 0 Å². The first-order valence-corrected chi connectivity index (χ1v) is 36.8. The van der Waals surface area contributed by atoms with Gasteiger partial charge in [0, 0.05) is 32.1 Å². The Morgan fingerprint density at radius 2 is 0.480 bits per heavy atom. The highest BCUT2D eigenvalue weighted by molar-refractivity contribution is 5.74. The fourth-order valence-electron chi connectivity index (χ4n) is 12.9. The molecule has 552 valence electrons. The SMILES string of the molecule is CCCc1cc(CCC(=O)OC[C@H](OC(=O)CCc2cc(CCC)c(O)c(C(C)(C)C)c2)C(OC(=O)CCc2cc(CCC)c(O)c(C(C)(C)C)c2)[C@@H](COC(=O)CCc2cc(CCC)c(O)c(C(C)(C)C)c2)OC(=O)CCc2cc(CCC)c(O)c(C(C)(C)C)c2)cc(C(C)(C)C)c1O. The van der Waals surface area contributed by atoms with E-state index < -0.39 is 88.4 Å². The minimum absolute atomic E-state index is 0.138. The van der Waals surface area contributed by atoms with Crippen LogP contribution in [-0.2, 0) is 139 Å². The van der Waals surface area contributed by atoms with Crippen LogP contribution in [-0.4, -0.2) is 86.9 Å². The normalized spacial score (nSPS) is 13.2. The van der Waals surface area contributed by atoms with Crippen LogP contribution in [0.2, 0.25) is 0 Å². The Bertz CT molecular complexity index is 3400. The first-order chi connectivity index (χ1) is 46.6. The average molecular weight is 1380 g/mol. The van der Waals surface area contributed by atoms with Gasteiger partial charge in [0.05, 0.1) is 0 Å². The Balaban J connectivity index is 1.68. The zero-order valence-electron chi connectivity index (χ0n) is 64.4. The van der Waals surface area contributed by atoms with E-state index in [1.165, 1.54) is 0 Å². The predicted molar refractivity (Wildman–Crippen MR) is 397 cm³/mol. The van der Waals surface area contributed by atoms with Gasteiger partial charge >= 0.3 is 29.8 Å². The lowest BCUT2D eigenvalue weighted by atomic mass is 9.83. The van der Waals surface area contributed by atoms with Crippen LogP contribution in [0.4, 0.5) is 0 Å². The molecular formula is C85H122O15. The molecule has 0 amide bonds. The summed E-state index contributed by atoms with van der Waals surface area (Å²) in [6.45, 7) is 38.7. The molecule has 0 radical (unpaired) electrons. The van der Waals surface area contributed by atoms with Crippen LogP contribution in [0.5, 0.6) is 28.7 Å². The number of hydrogen-bond donors (Lipinski definition) is 5. The van der Waals surface area contributed by atoms with Crippen LogP contribution in [0.3, 0.4) is 0 Å². The fourth-order valence-corrected chi connectivity index (χ4v) is 12.9. The lowest BCUT2D eigenvalue weighted by molar-refractivity contribution is -0.197. The Hall–Kier alpha value is -7.55. The van der Waals surface area contributed by atoms with Crippen molar-refractivity contribution in [3.8, 4) is 28.7 Å². The summed E-state index contributed by atoms with van der Waals surface area (Å²) in [5.41, 5.74) is 8.99. The lowest BCUT2D eigenvalue weighted by Gasteiger charge is -2.32. The van der Waals surface area contributed by atoms with Gasteiger partial charge in [-0.05, 0) is 175 Å². The van der Waals surface area contributed by atoms with Crippen molar-refractivity contribution in [1.29, 1.82) is 0 Å². The number of benzene rings is 5. The molecule has 0 aliphatic heterocycles. The molecule has 0 bridgehead atoms. The maximum atomic E-state index is 15.0. The Morgan fingerprint density at radius 1 is 0.290 bits per heavy atom. The van der Waals surface area contributed by atoms with Gasteiger partial charge in [-0.1, -0.05) is 231 Å². The smallest absolute Gasteiger partial charge is 0.306 e. The molecule has 15 nitrogen and oxygen atoms in total. The quantitative estimate of drug-likeness (QED) is 0.0190. The highest BCUT2D eigenvalue weighted by Crippen LogP contribution is 2.41. The largest absolute Gasteiger partial charge is 0.507 e. The average Bonchev–Trinajstić information content (AvgIpc) is 0.827. The van der Waals surface area contributed by atoms with Gasteiger partial charge in [-0.3, -0.25) is 24.0 Å². The molecule has 0 aromatic heterocycles. The highest BCUT2D eigenvalue weighted by atomic mass is 16.6. The van der Waals surface area contributed by atoms with Crippen molar-refractivity contribution >= 4 is 29.8 Å². The van der Waals surface area contributed by atoms with Crippen LogP contribution in [0, 0.1) is 0 Å². The molecule has 5 rings (SSSR count). The van der Waals surface area contributed by atoms with E-state index in [0.29, 0.717) is 48.8 Å². The topological polar surface area (TPSA) is 233 Å². The molecule has 0 aliphatic rings. The van der Waals surface area contributed by atoms with Gasteiger partial charge in [-0.25, -0.2) is 0 Å². The van der Waals surface area contributed by atoms with Gasteiger partial charge < -0.3 is 49.2 Å². The van der Waals surface area contributed by atoms with E-state index in [1.807, 2.05) is 199 Å². The molecule has 15 heteroatoms. The molecular weight excluding hydrogens is 1260 g/mol. The second-order valence-corrected chi connectivity index (χ2v) is 32.6. The van der Waals surface area contributed by atoms with E-state index in [1.54, 1.807) is 0 Å². The zero-order valence-corrected chi connectivity index (χ0v) is 64.4. The summed E-state index contributed by atoms with van der Waals surface area (Å²) in [4.78, 5) is 73.4. The second kappa shape index (κ2) is 36.4. The van der Waals surface area contributed by atoms with E-state index >= 15 is 0 Å². The van der Waals surface area contributed by atoms with Gasteiger partial charge in [0.25, 0.3) is 0 Å². The third-order valence-corrected chi connectivity index (χ3v) is 18.4. The molecule has 0 saturated heterocycles. The Morgan fingerprint density at radius 3 is 0.670 bits per heavy atom. The fraction of sp³-hybridized carbons (Fsp3) is 0.588. The highest BCUT2D eigenvalue weighted by Gasteiger charge is 2.41. The standard InChI is InChI=1S/C85H122O15/c1-21-26-58-41-53(46-63(75(58)91)81(6,7)8)31-36-70(86)96-51-68(98-72(88)38-33-55-43-60(28-23-3)77(93)65(48-55)83(12,13)14)80(100-74(90)40-35-57-45-62(30-25-5)79(95)67(50-57)85(18,19)20)69(99-73(89)39-34-56-44-61(29-24-4)78(94)66(49-56)84(15,16)17)52-97-71(87)37-32-54-42-59(27-22-2)76(92)64(47-54)82(9,10)11/h41-50,68-69,80,91-95H,21-40,51-52H2,1-20H3/t68-,69+,80?. The molecule has 0 saturated carbocycles. The summed E-state index contributed by atoms with van der Waals surface area (Å²) >= 11 is 0. The van der Waals surface area contributed by atoms with Crippen molar-refractivity contribution in [3.63, 3.8) is 0 Å². The van der Waals surface area contributed by atoms with E-state index in [0.717, 1.165) is 98.9 Å². The molecule has 100 heavy (non-hydrogen) atoms.